The van der Waals surface area contributed by atoms with E-state index < -0.39 is 24.1 Å². The Balaban J connectivity index is 1.65. The number of nitrogens with zero attached hydrogens (tertiary/aromatic N) is 2. The van der Waals surface area contributed by atoms with Crippen LogP contribution >= 0.6 is 11.6 Å². The Hall–Kier alpha value is -3.27. The van der Waals surface area contributed by atoms with Crippen molar-refractivity contribution in [2.45, 2.75) is 51.0 Å². The molecule has 35 heavy (non-hydrogen) atoms. The molecule has 3 N–H and O–H groups in total. The van der Waals surface area contributed by atoms with Gasteiger partial charge in [-0.3, -0.25) is 9.59 Å². The Morgan fingerprint density at radius 3 is 2.86 bits per heavy atom. The van der Waals surface area contributed by atoms with Crippen LogP contribution in [0.4, 0.5) is 0 Å². The molecular weight excluding hydrogens is 474 g/mol. The molecule has 180 valence electrons. The van der Waals surface area contributed by atoms with Gasteiger partial charge in [-0.1, -0.05) is 18.5 Å². The van der Waals surface area contributed by atoms with Gasteiger partial charge in [-0.15, -0.1) is 0 Å². The van der Waals surface area contributed by atoms with Gasteiger partial charge in [-0.05, 0) is 48.6 Å². The maximum atomic E-state index is 13.5. The molecule has 4 heterocycles. The van der Waals surface area contributed by atoms with Gasteiger partial charge in [0.05, 0.1) is 35.1 Å². The predicted octanol–water partition coefficient (Wildman–Crippen LogP) is 1.83. The van der Waals surface area contributed by atoms with Crippen molar-refractivity contribution in [3.63, 3.8) is 0 Å². The van der Waals surface area contributed by atoms with Gasteiger partial charge in [-0.25, -0.2) is 9.78 Å². The van der Waals surface area contributed by atoms with Crippen LogP contribution < -0.4 is 10.9 Å². The summed E-state index contributed by atoms with van der Waals surface area (Å²) in [4.78, 5) is 42.9. The van der Waals surface area contributed by atoms with E-state index in [1.807, 2.05) is 6.07 Å². The number of aliphatic hydroxyl groups excluding tert-OH is 1. The Labute approximate surface area is 204 Å². The van der Waals surface area contributed by atoms with Gasteiger partial charge in [0.1, 0.15) is 13.2 Å². The van der Waals surface area contributed by atoms with Gasteiger partial charge in [-0.2, -0.15) is 0 Å². The number of carbonyl (C=O) groups is 2. The number of cyclic esters (lactones) is 1. The van der Waals surface area contributed by atoms with Crippen LogP contribution in [0.2, 0.25) is 5.02 Å². The molecule has 0 saturated carbocycles. The zero-order valence-electron chi connectivity index (χ0n) is 18.9. The SMILES string of the molecule is CC[C@@]1(O)C(=O)OCc2c1cc1n(c2=O)Cc2c-1nc1cc(Cl)cc3c1c2[C@@H](NC(=O)CO)CC3. The normalized spacial score (nSPS) is 21.8. The van der Waals surface area contributed by atoms with Gasteiger partial charge in [0, 0.05) is 21.5 Å². The zero-order chi connectivity index (χ0) is 24.6. The van der Waals surface area contributed by atoms with Gasteiger partial charge in [0.25, 0.3) is 5.56 Å². The lowest BCUT2D eigenvalue weighted by Gasteiger charge is -2.31. The third kappa shape index (κ3) is 3.01. The maximum absolute atomic E-state index is 13.5. The molecule has 0 radical (unpaired) electrons. The number of esters is 1. The number of ether oxygens (including phenoxy) is 1. The lowest BCUT2D eigenvalue weighted by atomic mass is 9.83. The number of aromatic nitrogens is 2. The van der Waals surface area contributed by atoms with E-state index in [-0.39, 0.29) is 42.3 Å². The number of fused-ring (bicyclic) bond motifs is 5. The van der Waals surface area contributed by atoms with Crippen LogP contribution in [0.25, 0.3) is 22.3 Å². The van der Waals surface area contributed by atoms with E-state index in [9.17, 15) is 24.6 Å². The van der Waals surface area contributed by atoms with Crippen LogP contribution in [0, 0.1) is 0 Å². The molecular formula is C25H22ClN3O6. The van der Waals surface area contributed by atoms with Gasteiger partial charge >= 0.3 is 5.97 Å². The molecule has 2 atom stereocenters. The average molecular weight is 496 g/mol. The molecule has 1 aliphatic carbocycles. The largest absolute Gasteiger partial charge is 0.458 e. The van der Waals surface area contributed by atoms with Crippen molar-refractivity contribution >= 4 is 34.4 Å². The smallest absolute Gasteiger partial charge is 0.343 e. The molecule has 2 aliphatic heterocycles. The molecule has 0 saturated heterocycles. The number of aliphatic hydroxyl groups is 2. The highest BCUT2D eigenvalue weighted by Gasteiger charge is 2.45. The first-order valence-corrected chi connectivity index (χ1v) is 11.9. The summed E-state index contributed by atoms with van der Waals surface area (Å²) >= 11 is 6.38. The van der Waals surface area contributed by atoms with Crippen molar-refractivity contribution in [2.75, 3.05) is 6.61 Å². The molecule has 9 nitrogen and oxygen atoms in total. The number of pyridine rings is 2. The molecule has 0 bridgehead atoms. The first-order chi connectivity index (χ1) is 16.8. The van der Waals surface area contributed by atoms with Crippen LogP contribution in [0.5, 0.6) is 0 Å². The molecule has 0 fully saturated rings. The van der Waals surface area contributed by atoms with E-state index in [0.717, 1.165) is 22.1 Å². The third-order valence-corrected chi connectivity index (χ3v) is 7.63. The van der Waals surface area contributed by atoms with E-state index in [1.54, 1.807) is 23.6 Å². The first-order valence-electron chi connectivity index (χ1n) is 11.5. The predicted molar refractivity (Wildman–Crippen MR) is 126 cm³/mol. The third-order valence-electron chi connectivity index (χ3n) is 7.41. The monoisotopic (exact) mass is 495 g/mol. The second-order valence-corrected chi connectivity index (χ2v) is 9.67. The lowest BCUT2D eigenvalue weighted by molar-refractivity contribution is -0.172. The van der Waals surface area contributed by atoms with Crippen molar-refractivity contribution in [1.29, 1.82) is 0 Å². The van der Waals surface area contributed by atoms with Gasteiger partial charge in [0.2, 0.25) is 5.91 Å². The molecule has 0 unspecified atom stereocenters. The van der Waals surface area contributed by atoms with Crippen LogP contribution in [0.1, 0.15) is 53.6 Å². The number of benzene rings is 1. The molecule has 10 heteroatoms. The average Bonchev–Trinajstić information content (AvgIpc) is 3.21. The Morgan fingerprint density at radius 2 is 2.11 bits per heavy atom. The molecule has 0 spiro atoms. The highest BCUT2D eigenvalue weighted by atomic mass is 35.5. The summed E-state index contributed by atoms with van der Waals surface area (Å²) in [5, 5.41) is 24.7. The van der Waals surface area contributed by atoms with Crippen molar-refractivity contribution in [3.8, 4) is 11.4 Å². The highest BCUT2D eigenvalue weighted by Crippen LogP contribution is 2.45. The molecule has 2 aromatic heterocycles. The van der Waals surface area contributed by atoms with E-state index in [0.29, 0.717) is 34.8 Å². The van der Waals surface area contributed by atoms with Gasteiger partial charge < -0.3 is 24.8 Å². The quantitative estimate of drug-likeness (QED) is 0.369. The fourth-order valence-corrected chi connectivity index (χ4v) is 5.94. The molecule has 1 aromatic carbocycles. The molecule has 1 amide bonds. The number of nitrogens with one attached hydrogen (secondary N) is 1. The summed E-state index contributed by atoms with van der Waals surface area (Å²) in [6.07, 6.45) is 1.33. The van der Waals surface area contributed by atoms with E-state index in [2.05, 4.69) is 5.32 Å². The minimum Gasteiger partial charge on any atom is -0.458 e. The number of amides is 1. The maximum Gasteiger partial charge on any atom is 0.343 e. The number of rotatable bonds is 3. The summed E-state index contributed by atoms with van der Waals surface area (Å²) in [7, 11) is 0. The number of aryl methyl sites for hydroxylation is 1. The van der Waals surface area contributed by atoms with Crippen LogP contribution in [0.3, 0.4) is 0 Å². The Kier molecular flexibility index (Phi) is 4.83. The fourth-order valence-electron chi connectivity index (χ4n) is 5.71. The van der Waals surface area contributed by atoms with Crippen molar-refractivity contribution in [1.82, 2.24) is 14.9 Å². The molecule has 3 aliphatic rings. The van der Waals surface area contributed by atoms with Crippen molar-refractivity contribution in [2.24, 2.45) is 0 Å². The Morgan fingerprint density at radius 1 is 1.31 bits per heavy atom. The standard InChI is InChI=1S/C25H22ClN3O6/c1-2-25(34)15-7-18-22-13(8-29(18)23(32)14(15)10-35-24(25)33)21-16(27-19(31)9-30)4-3-11-5-12(26)6-17(28-22)20(11)21/h5-7,16,30,34H,2-4,8-10H2,1H3,(H,27,31)/t16-,25-/m0/s1. The van der Waals surface area contributed by atoms with Crippen molar-refractivity contribution in [3.05, 3.63) is 61.4 Å². The minimum atomic E-state index is -1.91. The van der Waals surface area contributed by atoms with Crippen LogP contribution in [0.15, 0.2) is 23.0 Å². The molecule has 3 aromatic rings. The fraction of sp³-hybridized carbons (Fsp3) is 0.360. The molecule has 6 rings (SSSR count). The Bertz CT molecular complexity index is 1530. The summed E-state index contributed by atoms with van der Waals surface area (Å²) in [6.45, 7) is 1.05. The second kappa shape index (κ2) is 7.61. The zero-order valence-corrected chi connectivity index (χ0v) is 19.6. The van der Waals surface area contributed by atoms with E-state index in [4.69, 9.17) is 21.3 Å². The van der Waals surface area contributed by atoms with Crippen LogP contribution in [-0.4, -0.2) is 38.2 Å². The summed E-state index contributed by atoms with van der Waals surface area (Å²) in [5.74, 6) is -1.27. The van der Waals surface area contributed by atoms with Crippen molar-refractivity contribution < 1.29 is 24.5 Å². The van der Waals surface area contributed by atoms with Gasteiger partial charge in [0.15, 0.2) is 5.60 Å². The first kappa shape index (κ1) is 22.2. The van der Waals surface area contributed by atoms with E-state index in [1.165, 1.54) is 0 Å². The summed E-state index contributed by atoms with van der Waals surface area (Å²) in [5.41, 5.74) is 2.54. The topological polar surface area (TPSA) is 131 Å². The number of halogens is 1. The highest BCUT2D eigenvalue weighted by molar-refractivity contribution is 6.31. The van der Waals surface area contributed by atoms with E-state index >= 15 is 0 Å². The summed E-state index contributed by atoms with van der Waals surface area (Å²) < 4.78 is 6.72. The van der Waals surface area contributed by atoms with Crippen LogP contribution in [-0.2, 0) is 39.5 Å². The summed E-state index contributed by atoms with van der Waals surface area (Å²) in [6, 6.07) is 4.93. The minimum absolute atomic E-state index is 0.0548. The number of carbonyl (C=O) groups excluding carboxylic acids is 2. The number of hydrogen-bond acceptors (Lipinski definition) is 7. The second-order valence-electron chi connectivity index (χ2n) is 9.23. The number of hydrogen-bond donors (Lipinski definition) is 3. The lowest BCUT2D eigenvalue weighted by Crippen LogP contribution is -2.44.